The van der Waals surface area contributed by atoms with Gasteiger partial charge in [-0.3, -0.25) is 4.98 Å². The summed E-state index contributed by atoms with van der Waals surface area (Å²) in [6, 6.07) is 8.10. The van der Waals surface area contributed by atoms with Gasteiger partial charge in [0.05, 0.1) is 29.0 Å². The number of aliphatic hydroxyl groups is 1. The van der Waals surface area contributed by atoms with Crippen LogP contribution in [-0.2, 0) is 6.54 Å². The van der Waals surface area contributed by atoms with Gasteiger partial charge in [-0.1, -0.05) is 12.1 Å². The normalized spacial score (nSPS) is 14.6. The fourth-order valence-corrected chi connectivity index (χ4v) is 1.95. The van der Waals surface area contributed by atoms with E-state index in [9.17, 15) is 5.11 Å². The number of para-hydroxylation sites is 2. The number of rotatable bonds is 5. The Hall–Kier alpha value is -1.52. The summed E-state index contributed by atoms with van der Waals surface area (Å²) in [6.07, 6.45) is 2.25. The highest BCUT2D eigenvalue weighted by molar-refractivity contribution is 5.73. The van der Waals surface area contributed by atoms with Gasteiger partial charge in [0.2, 0.25) is 0 Å². The first-order valence-corrected chi connectivity index (χ1v) is 6.27. The molecular weight excluding hydrogens is 226 g/mol. The quantitative estimate of drug-likeness (QED) is 0.844. The van der Waals surface area contributed by atoms with Crippen molar-refractivity contribution in [3.8, 4) is 0 Å². The first kappa shape index (κ1) is 12.9. The summed E-state index contributed by atoms with van der Waals surface area (Å²) in [5, 5.41) is 12.6. The number of fused-ring (bicyclic) bond motifs is 1. The Morgan fingerprint density at radius 2 is 1.94 bits per heavy atom. The molecule has 0 spiro atoms. The van der Waals surface area contributed by atoms with Crippen LogP contribution in [0.4, 0.5) is 0 Å². The number of nitrogens with zero attached hydrogens (tertiary/aromatic N) is 2. The summed E-state index contributed by atoms with van der Waals surface area (Å²) in [5.41, 5.74) is 2.75. The monoisotopic (exact) mass is 245 g/mol. The molecule has 2 aromatic rings. The van der Waals surface area contributed by atoms with Crippen molar-refractivity contribution in [1.29, 1.82) is 0 Å². The Labute approximate surface area is 107 Å². The summed E-state index contributed by atoms with van der Waals surface area (Å²) in [6.45, 7) is 4.53. The Kier molecular flexibility index (Phi) is 4.23. The van der Waals surface area contributed by atoms with Crippen LogP contribution in [0.3, 0.4) is 0 Å². The van der Waals surface area contributed by atoms with Crippen LogP contribution in [0.25, 0.3) is 11.0 Å². The van der Waals surface area contributed by atoms with E-state index < -0.39 is 0 Å². The van der Waals surface area contributed by atoms with Crippen molar-refractivity contribution in [1.82, 2.24) is 15.3 Å². The number of aliphatic hydroxyl groups excluding tert-OH is 1. The van der Waals surface area contributed by atoms with Crippen LogP contribution in [-0.4, -0.2) is 27.2 Å². The average Bonchev–Trinajstić information content (AvgIpc) is 2.35. The number of benzene rings is 1. The van der Waals surface area contributed by atoms with Gasteiger partial charge in [0, 0.05) is 12.6 Å². The topological polar surface area (TPSA) is 58.0 Å². The van der Waals surface area contributed by atoms with Crippen LogP contribution in [0.15, 0.2) is 30.5 Å². The molecule has 2 unspecified atom stereocenters. The molecule has 4 heteroatoms. The lowest BCUT2D eigenvalue weighted by molar-refractivity contribution is 0.170. The van der Waals surface area contributed by atoms with Crippen molar-refractivity contribution in [2.24, 2.45) is 0 Å². The molecule has 2 atom stereocenters. The van der Waals surface area contributed by atoms with E-state index in [-0.39, 0.29) is 12.1 Å². The predicted molar refractivity (Wildman–Crippen MR) is 72.1 cm³/mol. The molecule has 1 aromatic carbocycles. The second-order valence-electron chi connectivity index (χ2n) is 4.72. The summed E-state index contributed by atoms with van der Waals surface area (Å²) in [4.78, 5) is 8.91. The van der Waals surface area contributed by atoms with Crippen molar-refractivity contribution in [2.45, 2.75) is 39.0 Å². The minimum absolute atomic E-state index is 0.262. The van der Waals surface area contributed by atoms with E-state index in [0.717, 1.165) is 23.1 Å². The van der Waals surface area contributed by atoms with Crippen LogP contribution < -0.4 is 5.32 Å². The first-order valence-electron chi connectivity index (χ1n) is 6.27. The predicted octanol–water partition coefficient (Wildman–Crippen LogP) is 1.88. The Balaban J connectivity index is 1.99. The fraction of sp³-hybridized carbons (Fsp3) is 0.429. The molecule has 0 bridgehead atoms. The smallest absolute Gasteiger partial charge is 0.0890 e. The minimum Gasteiger partial charge on any atom is -0.393 e. The maximum Gasteiger partial charge on any atom is 0.0890 e. The molecule has 1 aromatic heterocycles. The molecule has 18 heavy (non-hydrogen) atoms. The van der Waals surface area contributed by atoms with Gasteiger partial charge in [0.15, 0.2) is 0 Å². The molecule has 0 aliphatic heterocycles. The SMILES string of the molecule is CC(O)CC(C)NCc1cnc2ccccc2n1. The summed E-state index contributed by atoms with van der Waals surface area (Å²) in [5.74, 6) is 0. The second-order valence-corrected chi connectivity index (χ2v) is 4.72. The van der Waals surface area contributed by atoms with Gasteiger partial charge >= 0.3 is 0 Å². The maximum atomic E-state index is 9.29. The van der Waals surface area contributed by atoms with Crippen LogP contribution in [0.5, 0.6) is 0 Å². The summed E-state index contributed by atoms with van der Waals surface area (Å²) >= 11 is 0. The Morgan fingerprint density at radius 3 is 2.67 bits per heavy atom. The van der Waals surface area contributed by atoms with Crippen LogP contribution in [0.2, 0.25) is 0 Å². The molecule has 1 heterocycles. The van der Waals surface area contributed by atoms with Crippen LogP contribution in [0, 0.1) is 0 Å². The Bertz CT molecular complexity index is 513. The molecule has 0 fully saturated rings. The van der Waals surface area contributed by atoms with E-state index in [4.69, 9.17) is 0 Å². The molecule has 2 N–H and O–H groups in total. The highest BCUT2D eigenvalue weighted by Gasteiger charge is 2.06. The van der Waals surface area contributed by atoms with Gasteiger partial charge in [0.25, 0.3) is 0 Å². The third-order valence-corrected chi connectivity index (χ3v) is 2.82. The van der Waals surface area contributed by atoms with Gasteiger partial charge in [0.1, 0.15) is 0 Å². The molecule has 2 rings (SSSR count). The molecule has 0 aliphatic carbocycles. The fourth-order valence-electron chi connectivity index (χ4n) is 1.95. The van der Waals surface area contributed by atoms with E-state index in [2.05, 4.69) is 22.2 Å². The lowest BCUT2D eigenvalue weighted by atomic mass is 10.1. The van der Waals surface area contributed by atoms with E-state index in [0.29, 0.717) is 6.54 Å². The molecule has 0 radical (unpaired) electrons. The molecule has 0 saturated carbocycles. The number of hydrogen-bond donors (Lipinski definition) is 2. The summed E-state index contributed by atoms with van der Waals surface area (Å²) < 4.78 is 0. The highest BCUT2D eigenvalue weighted by Crippen LogP contribution is 2.08. The first-order chi connectivity index (χ1) is 8.65. The van der Waals surface area contributed by atoms with Crippen LogP contribution in [0.1, 0.15) is 26.0 Å². The third-order valence-electron chi connectivity index (χ3n) is 2.82. The van der Waals surface area contributed by atoms with Crippen molar-refractivity contribution in [3.63, 3.8) is 0 Å². The van der Waals surface area contributed by atoms with E-state index >= 15 is 0 Å². The standard InChI is InChI=1S/C14H19N3O/c1-10(7-11(2)18)15-8-12-9-16-13-5-3-4-6-14(13)17-12/h3-6,9-11,15,18H,7-8H2,1-2H3. The zero-order valence-corrected chi connectivity index (χ0v) is 10.8. The van der Waals surface area contributed by atoms with Gasteiger partial charge in [-0.15, -0.1) is 0 Å². The van der Waals surface area contributed by atoms with Crippen molar-refractivity contribution in [2.75, 3.05) is 0 Å². The molecule has 0 saturated heterocycles. The molecule has 4 nitrogen and oxygen atoms in total. The number of nitrogens with one attached hydrogen (secondary N) is 1. The van der Waals surface area contributed by atoms with E-state index in [1.807, 2.05) is 24.3 Å². The Morgan fingerprint density at radius 1 is 1.22 bits per heavy atom. The van der Waals surface area contributed by atoms with Gasteiger partial charge in [-0.2, -0.15) is 0 Å². The molecule has 0 aliphatic rings. The number of hydrogen-bond acceptors (Lipinski definition) is 4. The van der Waals surface area contributed by atoms with Gasteiger partial charge in [-0.05, 0) is 32.4 Å². The van der Waals surface area contributed by atoms with Gasteiger partial charge in [-0.25, -0.2) is 4.98 Å². The molecule has 96 valence electrons. The van der Waals surface area contributed by atoms with E-state index in [1.165, 1.54) is 0 Å². The zero-order valence-electron chi connectivity index (χ0n) is 10.8. The molecular formula is C14H19N3O. The minimum atomic E-state index is -0.282. The summed E-state index contributed by atoms with van der Waals surface area (Å²) in [7, 11) is 0. The van der Waals surface area contributed by atoms with Crippen molar-refractivity contribution < 1.29 is 5.11 Å². The third kappa shape index (κ3) is 3.48. The van der Waals surface area contributed by atoms with E-state index in [1.54, 1.807) is 13.1 Å². The lowest BCUT2D eigenvalue weighted by Crippen LogP contribution is -2.29. The largest absolute Gasteiger partial charge is 0.393 e. The van der Waals surface area contributed by atoms with Crippen molar-refractivity contribution in [3.05, 3.63) is 36.2 Å². The maximum absolute atomic E-state index is 9.29. The zero-order chi connectivity index (χ0) is 13.0. The second kappa shape index (κ2) is 5.89. The highest BCUT2D eigenvalue weighted by atomic mass is 16.3. The van der Waals surface area contributed by atoms with Crippen LogP contribution >= 0.6 is 0 Å². The lowest BCUT2D eigenvalue weighted by Gasteiger charge is -2.14. The molecule has 0 amide bonds. The average molecular weight is 245 g/mol. The number of aromatic nitrogens is 2. The van der Waals surface area contributed by atoms with Gasteiger partial charge < -0.3 is 10.4 Å². The van der Waals surface area contributed by atoms with Crippen molar-refractivity contribution >= 4 is 11.0 Å².